The summed E-state index contributed by atoms with van der Waals surface area (Å²) in [5.74, 6) is 0.00660. The number of hydrogen-bond acceptors (Lipinski definition) is 5. The number of amides is 2. The van der Waals surface area contributed by atoms with Crippen LogP contribution in [0.2, 0.25) is 0 Å². The molecule has 0 saturated carbocycles. The number of carbonyl (C=O) groups is 2. The molecule has 0 bridgehead atoms. The van der Waals surface area contributed by atoms with Gasteiger partial charge in [0.25, 0.3) is 5.91 Å². The number of carbonyl (C=O) groups excluding carboxylic acids is 2. The van der Waals surface area contributed by atoms with Crippen LogP contribution in [0.1, 0.15) is 15.9 Å². The van der Waals surface area contributed by atoms with Crippen LogP contribution >= 0.6 is 0 Å². The molecule has 1 heterocycles. The average molecular weight is 329 g/mol. The van der Waals surface area contributed by atoms with E-state index in [9.17, 15) is 9.59 Å². The second kappa shape index (κ2) is 8.52. The minimum absolute atomic E-state index is 0.152. The fraction of sp³-hybridized carbons (Fsp3) is 0.235. The van der Waals surface area contributed by atoms with E-state index in [4.69, 9.17) is 9.47 Å². The molecule has 0 aliphatic rings. The first-order valence-electron chi connectivity index (χ1n) is 7.30. The van der Waals surface area contributed by atoms with Crippen LogP contribution < -0.4 is 20.1 Å². The Morgan fingerprint density at radius 2 is 1.75 bits per heavy atom. The molecule has 0 spiro atoms. The molecule has 2 N–H and O–H groups in total. The zero-order valence-electron chi connectivity index (χ0n) is 13.5. The smallest absolute Gasteiger partial charge is 0.259 e. The van der Waals surface area contributed by atoms with Crippen molar-refractivity contribution in [3.05, 3.63) is 53.9 Å². The summed E-state index contributed by atoms with van der Waals surface area (Å²) in [5.41, 5.74) is 1.13. The molecule has 2 rings (SSSR count). The minimum atomic E-state index is -0.444. The van der Waals surface area contributed by atoms with Crippen LogP contribution in [0.25, 0.3) is 0 Å². The largest absolute Gasteiger partial charge is 0.496 e. The maximum atomic E-state index is 12.3. The molecule has 0 aliphatic heterocycles. The highest BCUT2D eigenvalue weighted by molar-refractivity contribution is 6.01. The number of ether oxygens (including phenoxy) is 2. The maximum Gasteiger partial charge on any atom is 0.259 e. The Bertz CT molecular complexity index is 682. The van der Waals surface area contributed by atoms with Gasteiger partial charge in [0.1, 0.15) is 17.1 Å². The third-order valence-electron chi connectivity index (χ3n) is 3.28. The van der Waals surface area contributed by atoms with Crippen molar-refractivity contribution in [3.63, 3.8) is 0 Å². The summed E-state index contributed by atoms with van der Waals surface area (Å²) in [6.45, 7) is 0.195. The second-order valence-electron chi connectivity index (χ2n) is 4.86. The van der Waals surface area contributed by atoms with Crippen LogP contribution in [-0.4, -0.2) is 37.6 Å². The number of nitrogens with zero attached hydrogens (tertiary/aromatic N) is 1. The molecule has 7 heteroatoms. The van der Waals surface area contributed by atoms with E-state index in [2.05, 4.69) is 15.6 Å². The molecule has 2 amide bonds. The Hall–Kier alpha value is -3.09. The Labute approximate surface area is 140 Å². The van der Waals surface area contributed by atoms with Crippen LogP contribution in [0, 0.1) is 0 Å². The van der Waals surface area contributed by atoms with Crippen molar-refractivity contribution < 1.29 is 19.1 Å². The lowest BCUT2D eigenvalue weighted by molar-refractivity contribution is -0.120. The number of nitrogens with one attached hydrogen (secondary N) is 2. The normalized spacial score (nSPS) is 9.92. The van der Waals surface area contributed by atoms with Gasteiger partial charge in [-0.05, 0) is 23.8 Å². The van der Waals surface area contributed by atoms with Crippen molar-refractivity contribution >= 4 is 11.8 Å². The van der Waals surface area contributed by atoms with Gasteiger partial charge in [0.15, 0.2) is 0 Å². The van der Waals surface area contributed by atoms with Gasteiger partial charge in [-0.1, -0.05) is 12.1 Å². The predicted octanol–water partition coefficient (Wildman–Crippen LogP) is 1.14. The fourth-order valence-corrected chi connectivity index (χ4v) is 2.09. The molecule has 0 saturated heterocycles. The van der Waals surface area contributed by atoms with Crippen molar-refractivity contribution in [1.29, 1.82) is 0 Å². The predicted molar refractivity (Wildman–Crippen MR) is 88.0 cm³/mol. The lowest BCUT2D eigenvalue weighted by atomic mass is 10.1. The third kappa shape index (κ3) is 4.45. The van der Waals surface area contributed by atoms with E-state index in [0.717, 1.165) is 5.56 Å². The molecule has 7 nitrogen and oxygen atoms in total. The SMILES string of the molecule is COc1cccc(OC)c1C(=O)NCC(=O)NCc1cccnc1. The van der Waals surface area contributed by atoms with Crippen LogP contribution in [0.3, 0.4) is 0 Å². The van der Waals surface area contributed by atoms with E-state index in [1.807, 2.05) is 6.07 Å². The molecular weight excluding hydrogens is 310 g/mol. The Balaban J connectivity index is 1.92. The Kier molecular flexibility index (Phi) is 6.13. The molecule has 1 aromatic carbocycles. The lowest BCUT2D eigenvalue weighted by Gasteiger charge is -2.13. The number of benzene rings is 1. The summed E-state index contributed by atoms with van der Waals surface area (Å²) >= 11 is 0. The van der Waals surface area contributed by atoms with E-state index in [1.165, 1.54) is 14.2 Å². The molecule has 0 aliphatic carbocycles. The van der Waals surface area contributed by atoms with Gasteiger partial charge >= 0.3 is 0 Å². The number of rotatable bonds is 7. The number of pyridine rings is 1. The molecule has 126 valence electrons. The molecule has 2 aromatic rings. The van der Waals surface area contributed by atoms with E-state index in [-0.39, 0.29) is 18.0 Å². The van der Waals surface area contributed by atoms with Gasteiger partial charge in [-0.2, -0.15) is 0 Å². The minimum Gasteiger partial charge on any atom is -0.496 e. The molecule has 0 atom stereocenters. The molecule has 1 aromatic heterocycles. The molecule has 0 radical (unpaired) electrons. The highest BCUT2D eigenvalue weighted by Gasteiger charge is 2.18. The van der Waals surface area contributed by atoms with Crippen LogP contribution in [0.15, 0.2) is 42.7 Å². The second-order valence-corrected chi connectivity index (χ2v) is 4.86. The average Bonchev–Trinajstić information content (AvgIpc) is 2.64. The zero-order chi connectivity index (χ0) is 17.4. The van der Waals surface area contributed by atoms with Gasteiger partial charge in [0.2, 0.25) is 5.91 Å². The monoisotopic (exact) mass is 329 g/mol. The zero-order valence-corrected chi connectivity index (χ0v) is 13.5. The third-order valence-corrected chi connectivity index (χ3v) is 3.28. The maximum absolute atomic E-state index is 12.3. The summed E-state index contributed by atoms with van der Waals surface area (Å²) in [5, 5.41) is 5.26. The Morgan fingerprint density at radius 3 is 2.33 bits per heavy atom. The summed E-state index contributed by atoms with van der Waals surface area (Å²) in [7, 11) is 2.93. The van der Waals surface area contributed by atoms with Crippen molar-refractivity contribution in [3.8, 4) is 11.5 Å². The number of methoxy groups -OCH3 is 2. The van der Waals surface area contributed by atoms with Gasteiger partial charge in [-0.25, -0.2) is 0 Å². The lowest BCUT2D eigenvalue weighted by Crippen LogP contribution is -2.36. The first-order chi connectivity index (χ1) is 11.7. The number of aromatic nitrogens is 1. The van der Waals surface area contributed by atoms with Crippen molar-refractivity contribution in [2.75, 3.05) is 20.8 Å². The van der Waals surface area contributed by atoms with Gasteiger partial charge in [-0.15, -0.1) is 0 Å². The van der Waals surface area contributed by atoms with E-state index < -0.39 is 5.91 Å². The van der Waals surface area contributed by atoms with Crippen LogP contribution in [0.4, 0.5) is 0 Å². The van der Waals surface area contributed by atoms with Crippen LogP contribution in [-0.2, 0) is 11.3 Å². The highest BCUT2D eigenvalue weighted by Crippen LogP contribution is 2.27. The van der Waals surface area contributed by atoms with E-state index >= 15 is 0 Å². The fourth-order valence-electron chi connectivity index (χ4n) is 2.09. The van der Waals surface area contributed by atoms with Gasteiger partial charge < -0.3 is 20.1 Å². The van der Waals surface area contributed by atoms with Crippen molar-refractivity contribution in [1.82, 2.24) is 15.6 Å². The Morgan fingerprint density at radius 1 is 1.04 bits per heavy atom. The topological polar surface area (TPSA) is 89.5 Å². The first kappa shape index (κ1) is 17.3. The standard InChI is InChI=1S/C17H19N3O4/c1-23-13-6-3-7-14(24-2)16(13)17(22)20-11-15(21)19-10-12-5-4-8-18-9-12/h3-9H,10-11H2,1-2H3,(H,19,21)(H,20,22). The van der Waals surface area contributed by atoms with E-state index in [0.29, 0.717) is 18.0 Å². The summed E-state index contributed by atoms with van der Waals surface area (Å²) in [6, 6.07) is 8.66. The van der Waals surface area contributed by atoms with Crippen molar-refractivity contribution in [2.45, 2.75) is 6.54 Å². The molecular formula is C17H19N3O4. The molecule has 0 unspecified atom stereocenters. The van der Waals surface area contributed by atoms with Gasteiger partial charge in [0, 0.05) is 18.9 Å². The van der Waals surface area contributed by atoms with Crippen LogP contribution in [0.5, 0.6) is 11.5 Å². The van der Waals surface area contributed by atoms with Gasteiger partial charge in [0.05, 0.1) is 20.8 Å². The quantitative estimate of drug-likeness (QED) is 0.795. The summed E-state index contributed by atoms with van der Waals surface area (Å²) in [4.78, 5) is 28.1. The van der Waals surface area contributed by atoms with Crippen molar-refractivity contribution in [2.24, 2.45) is 0 Å². The molecule has 0 fully saturated rings. The van der Waals surface area contributed by atoms with E-state index in [1.54, 1.807) is 36.7 Å². The highest BCUT2D eigenvalue weighted by atomic mass is 16.5. The molecule has 24 heavy (non-hydrogen) atoms. The number of hydrogen-bond donors (Lipinski definition) is 2. The first-order valence-corrected chi connectivity index (χ1v) is 7.30. The summed E-state index contributed by atoms with van der Waals surface area (Å²) < 4.78 is 10.3. The summed E-state index contributed by atoms with van der Waals surface area (Å²) in [6.07, 6.45) is 3.32. The van der Waals surface area contributed by atoms with Gasteiger partial charge in [-0.3, -0.25) is 14.6 Å².